The molecular formula is C16H28NOP. The second kappa shape index (κ2) is 4.98. The molecule has 0 atom stereocenters. The number of nitrogens with zero attached hydrogens (tertiary/aromatic N) is 1. The zero-order valence-corrected chi connectivity index (χ0v) is 14.5. The van der Waals surface area contributed by atoms with Gasteiger partial charge in [-0.05, 0) is 24.3 Å². The molecule has 0 aliphatic rings. The molecule has 0 amide bonds. The highest BCUT2D eigenvalue weighted by atomic mass is 31.2. The Morgan fingerprint density at radius 3 is 1.47 bits per heavy atom. The fraction of sp³-hybridized carbons (Fsp3) is 0.625. The second-order valence-corrected chi connectivity index (χ2v) is 11.8. The largest absolute Gasteiger partial charge is 0.378 e. The van der Waals surface area contributed by atoms with Gasteiger partial charge in [-0.25, -0.2) is 0 Å². The Balaban J connectivity index is 3.41. The van der Waals surface area contributed by atoms with Gasteiger partial charge in [0.1, 0.15) is 7.14 Å². The third-order valence-electron chi connectivity index (χ3n) is 3.62. The van der Waals surface area contributed by atoms with Gasteiger partial charge in [0.15, 0.2) is 0 Å². The van der Waals surface area contributed by atoms with E-state index < -0.39 is 7.14 Å². The van der Waals surface area contributed by atoms with Crippen LogP contribution in [0.5, 0.6) is 0 Å². The van der Waals surface area contributed by atoms with E-state index in [1.165, 1.54) is 0 Å². The summed E-state index contributed by atoms with van der Waals surface area (Å²) in [6.07, 6.45) is 0. The van der Waals surface area contributed by atoms with E-state index >= 15 is 0 Å². The van der Waals surface area contributed by atoms with E-state index in [0.29, 0.717) is 0 Å². The normalized spacial score (nSPS) is 13.5. The van der Waals surface area contributed by atoms with E-state index in [2.05, 4.69) is 58.6 Å². The predicted octanol–water partition coefficient (Wildman–Crippen LogP) is 4.34. The smallest absolute Gasteiger partial charge is 0.125 e. The zero-order chi connectivity index (χ0) is 15.1. The van der Waals surface area contributed by atoms with E-state index in [1.807, 2.05) is 26.2 Å². The fourth-order valence-electron chi connectivity index (χ4n) is 2.74. The highest BCUT2D eigenvalue weighted by Crippen LogP contribution is 2.65. The first-order chi connectivity index (χ1) is 8.41. The third-order valence-corrected chi connectivity index (χ3v) is 8.42. The van der Waals surface area contributed by atoms with Crippen LogP contribution in [0.3, 0.4) is 0 Å². The van der Waals surface area contributed by atoms with Crippen molar-refractivity contribution in [3.8, 4) is 0 Å². The summed E-state index contributed by atoms with van der Waals surface area (Å²) < 4.78 is 13.7. The molecule has 0 aromatic heterocycles. The van der Waals surface area contributed by atoms with Crippen molar-refractivity contribution < 1.29 is 4.57 Å². The molecule has 108 valence electrons. The van der Waals surface area contributed by atoms with Crippen molar-refractivity contribution in [2.45, 2.75) is 51.9 Å². The van der Waals surface area contributed by atoms with Gasteiger partial charge in [0.2, 0.25) is 0 Å². The van der Waals surface area contributed by atoms with Gasteiger partial charge in [-0.3, -0.25) is 0 Å². The standard InChI is InChI=1S/C16H28NOP/c1-15(2,3)19(18,16(4,5)6)14-11-9-13(10-12-14)17(7)8/h9-12H,1-8H3. The molecule has 1 aromatic carbocycles. The van der Waals surface area contributed by atoms with Crippen LogP contribution in [0, 0.1) is 0 Å². The van der Waals surface area contributed by atoms with Crippen LogP contribution in [0.15, 0.2) is 24.3 Å². The first kappa shape index (κ1) is 16.3. The minimum atomic E-state index is -2.51. The quantitative estimate of drug-likeness (QED) is 0.752. The molecule has 19 heavy (non-hydrogen) atoms. The average Bonchev–Trinajstić information content (AvgIpc) is 2.25. The van der Waals surface area contributed by atoms with Crippen molar-refractivity contribution in [1.82, 2.24) is 0 Å². The molecule has 0 unspecified atom stereocenters. The fourth-order valence-corrected chi connectivity index (χ4v) is 6.87. The van der Waals surface area contributed by atoms with Crippen LogP contribution < -0.4 is 10.2 Å². The lowest BCUT2D eigenvalue weighted by Crippen LogP contribution is -2.35. The SMILES string of the molecule is CN(C)c1ccc(P(=O)(C(C)(C)C)C(C)(C)C)cc1. The molecule has 0 aliphatic heterocycles. The molecule has 2 nitrogen and oxygen atoms in total. The summed E-state index contributed by atoms with van der Waals surface area (Å²) in [5, 5.41) is 0.522. The van der Waals surface area contributed by atoms with Crippen molar-refractivity contribution in [2.24, 2.45) is 0 Å². The van der Waals surface area contributed by atoms with E-state index in [-0.39, 0.29) is 10.3 Å². The van der Waals surface area contributed by atoms with Crippen LogP contribution in [0.1, 0.15) is 41.5 Å². The number of anilines is 1. The van der Waals surface area contributed by atoms with Gasteiger partial charge in [0.05, 0.1) is 0 Å². The van der Waals surface area contributed by atoms with Crippen molar-refractivity contribution in [3.63, 3.8) is 0 Å². The van der Waals surface area contributed by atoms with Gasteiger partial charge in [0, 0.05) is 35.4 Å². The Labute approximate surface area is 118 Å². The first-order valence-electron chi connectivity index (χ1n) is 6.79. The lowest BCUT2D eigenvalue weighted by Gasteiger charge is -2.41. The molecule has 0 spiro atoms. The highest BCUT2D eigenvalue weighted by Gasteiger charge is 2.47. The van der Waals surface area contributed by atoms with Crippen LogP contribution >= 0.6 is 7.14 Å². The maximum Gasteiger partial charge on any atom is 0.125 e. The molecule has 1 rings (SSSR count). The van der Waals surface area contributed by atoms with Crippen LogP contribution in [-0.4, -0.2) is 24.4 Å². The topological polar surface area (TPSA) is 20.3 Å². The van der Waals surface area contributed by atoms with E-state index in [0.717, 1.165) is 11.0 Å². The summed E-state index contributed by atoms with van der Waals surface area (Å²) in [5.74, 6) is 0. The number of hydrogen-bond donors (Lipinski definition) is 0. The average molecular weight is 281 g/mol. The maximum absolute atomic E-state index is 13.7. The molecule has 1 aromatic rings. The molecule has 0 bridgehead atoms. The van der Waals surface area contributed by atoms with Gasteiger partial charge < -0.3 is 9.46 Å². The van der Waals surface area contributed by atoms with Crippen molar-refractivity contribution in [1.29, 1.82) is 0 Å². The van der Waals surface area contributed by atoms with Gasteiger partial charge in [-0.15, -0.1) is 0 Å². The Bertz CT molecular complexity index is 457. The molecule has 0 N–H and O–H groups in total. The number of benzene rings is 1. The first-order valence-corrected chi connectivity index (χ1v) is 8.50. The minimum Gasteiger partial charge on any atom is -0.378 e. The lowest BCUT2D eigenvalue weighted by atomic mass is 10.2. The summed E-state index contributed by atoms with van der Waals surface area (Å²) in [5.41, 5.74) is 1.14. The van der Waals surface area contributed by atoms with Crippen molar-refractivity contribution >= 4 is 18.1 Å². The molecule has 0 saturated heterocycles. The number of hydrogen-bond acceptors (Lipinski definition) is 2. The third kappa shape index (κ3) is 2.89. The zero-order valence-electron chi connectivity index (χ0n) is 13.6. The van der Waals surface area contributed by atoms with Crippen LogP contribution in [-0.2, 0) is 4.57 Å². The Hall–Kier alpha value is -0.750. The van der Waals surface area contributed by atoms with Crippen LogP contribution in [0.2, 0.25) is 0 Å². The highest BCUT2D eigenvalue weighted by molar-refractivity contribution is 7.74. The van der Waals surface area contributed by atoms with Crippen LogP contribution in [0.25, 0.3) is 0 Å². The van der Waals surface area contributed by atoms with E-state index in [4.69, 9.17) is 0 Å². The Morgan fingerprint density at radius 1 is 0.842 bits per heavy atom. The second-order valence-electron chi connectivity index (χ2n) is 7.36. The molecule has 0 heterocycles. The van der Waals surface area contributed by atoms with Crippen LogP contribution in [0.4, 0.5) is 5.69 Å². The summed E-state index contributed by atoms with van der Waals surface area (Å²) in [6.45, 7) is 12.5. The molecule has 0 aliphatic carbocycles. The minimum absolute atomic E-state index is 0.231. The molecule has 3 heteroatoms. The summed E-state index contributed by atoms with van der Waals surface area (Å²) in [6, 6.07) is 8.18. The van der Waals surface area contributed by atoms with Gasteiger partial charge in [-0.1, -0.05) is 41.5 Å². The van der Waals surface area contributed by atoms with Gasteiger partial charge >= 0.3 is 0 Å². The van der Waals surface area contributed by atoms with Gasteiger partial charge in [-0.2, -0.15) is 0 Å². The van der Waals surface area contributed by atoms with Crippen molar-refractivity contribution in [2.75, 3.05) is 19.0 Å². The predicted molar refractivity (Wildman–Crippen MR) is 87.5 cm³/mol. The molecule has 0 saturated carbocycles. The number of rotatable bonds is 2. The maximum atomic E-state index is 13.7. The van der Waals surface area contributed by atoms with E-state index in [9.17, 15) is 4.57 Å². The van der Waals surface area contributed by atoms with Gasteiger partial charge in [0.25, 0.3) is 0 Å². The Kier molecular flexibility index (Phi) is 4.27. The molecule has 0 radical (unpaired) electrons. The molecule has 0 fully saturated rings. The monoisotopic (exact) mass is 281 g/mol. The summed E-state index contributed by atoms with van der Waals surface area (Å²) in [4.78, 5) is 2.06. The summed E-state index contributed by atoms with van der Waals surface area (Å²) >= 11 is 0. The lowest BCUT2D eigenvalue weighted by molar-refractivity contribution is 0.527. The Morgan fingerprint density at radius 2 is 1.21 bits per heavy atom. The summed E-state index contributed by atoms with van der Waals surface area (Å²) in [7, 11) is 1.52. The van der Waals surface area contributed by atoms with Crippen molar-refractivity contribution in [3.05, 3.63) is 24.3 Å². The molecular weight excluding hydrogens is 253 g/mol. The van der Waals surface area contributed by atoms with E-state index in [1.54, 1.807) is 0 Å².